The molecule has 22 heavy (non-hydrogen) atoms. The van der Waals surface area contributed by atoms with Crippen molar-refractivity contribution in [1.29, 1.82) is 0 Å². The summed E-state index contributed by atoms with van der Waals surface area (Å²) in [7, 11) is -6.55. The van der Waals surface area contributed by atoms with Gasteiger partial charge in [-0.1, -0.05) is 17.7 Å². The molecule has 0 unspecified atom stereocenters. The van der Waals surface area contributed by atoms with Gasteiger partial charge in [0, 0.05) is 24.2 Å². The van der Waals surface area contributed by atoms with Gasteiger partial charge in [0.25, 0.3) is 0 Å². The standard InChI is InChI=1S/C13H19ClN2O4S2/c1-10-2-3-11(14)8-13(10)22(19,20)16-6-5-15-12-4-7-21(17,18)9-12/h2-3,8,12,15-16H,4-7,9H2,1H3/t12-/m1/s1. The van der Waals surface area contributed by atoms with Gasteiger partial charge < -0.3 is 5.32 Å². The molecule has 1 aromatic rings. The number of benzene rings is 1. The summed E-state index contributed by atoms with van der Waals surface area (Å²) in [6.45, 7) is 2.26. The van der Waals surface area contributed by atoms with Gasteiger partial charge in [0.1, 0.15) is 0 Å². The van der Waals surface area contributed by atoms with E-state index in [9.17, 15) is 16.8 Å². The van der Waals surface area contributed by atoms with Crippen molar-refractivity contribution in [3.8, 4) is 0 Å². The number of aryl methyl sites for hydroxylation is 1. The lowest BCUT2D eigenvalue weighted by Gasteiger charge is -2.12. The van der Waals surface area contributed by atoms with E-state index in [1.54, 1.807) is 19.1 Å². The molecule has 0 saturated carbocycles. The summed E-state index contributed by atoms with van der Waals surface area (Å²) in [5.41, 5.74) is 0.617. The van der Waals surface area contributed by atoms with Crippen LogP contribution in [0, 0.1) is 6.92 Å². The van der Waals surface area contributed by atoms with E-state index >= 15 is 0 Å². The van der Waals surface area contributed by atoms with Crippen molar-refractivity contribution >= 4 is 31.5 Å². The van der Waals surface area contributed by atoms with E-state index < -0.39 is 19.9 Å². The van der Waals surface area contributed by atoms with Gasteiger partial charge in [-0.3, -0.25) is 0 Å². The first kappa shape index (κ1) is 17.7. The van der Waals surface area contributed by atoms with Crippen molar-refractivity contribution in [2.45, 2.75) is 24.3 Å². The number of hydrogen-bond acceptors (Lipinski definition) is 5. The van der Waals surface area contributed by atoms with Gasteiger partial charge in [0.15, 0.2) is 9.84 Å². The van der Waals surface area contributed by atoms with E-state index in [4.69, 9.17) is 11.6 Å². The number of hydrogen-bond donors (Lipinski definition) is 2. The van der Waals surface area contributed by atoms with Gasteiger partial charge in [-0.05, 0) is 31.0 Å². The molecule has 124 valence electrons. The maximum absolute atomic E-state index is 12.2. The fourth-order valence-electron chi connectivity index (χ4n) is 2.36. The second-order valence-electron chi connectivity index (χ2n) is 5.36. The zero-order chi connectivity index (χ0) is 16.4. The minimum atomic E-state index is -3.62. The molecular formula is C13H19ClN2O4S2. The van der Waals surface area contributed by atoms with Crippen molar-refractivity contribution in [1.82, 2.24) is 10.0 Å². The number of sulfone groups is 1. The van der Waals surface area contributed by atoms with Crippen LogP contribution in [0.25, 0.3) is 0 Å². The molecule has 1 aromatic carbocycles. The topological polar surface area (TPSA) is 92.3 Å². The SMILES string of the molecule is Cc1ccc(Cl)cc1S(=O)(=O)NCCN[C@@H]1CCS(=O)(=O)C1. The largest absolute Gasteiger partial charge is 0.312 e. The van der Waals surface area contributed by atoms with E-state index in [0.29, 0.717) is 23.6 Å². The summed E-state index contributed by atoms with van der Waals surface area (Å²) in [5.74, 6) is 0.311. The molecule has 2 N–H and O–H groups in total. The lowest BCUT2D eigenvalue weighted by molar-refractivity contribution is 0.542. The van der Waals surface area contributed by atoms with Crippen LogP contribution in [0.2, 0.25) is 5.02 Å². The number of nitrogens with one attached hydrogen (secondary N) is 2. The summed E-state index contributed by atoms with van der Waals surface area (Å²) in [4.78, 5) is 0.156. The normalized spacial score (nSPS) is 21.1. The molecule has 1 aliphatic heterocycles. The third-order valence-corrected chi connectivity index (χ3v) is 7.13. The Kier molecular flexibility index (Phi) is 5.50. The molecular weight excluding hydrogens is 348 g/mol. The Morgan fingerprint density at radius 3 is 2.68 bits per heavy atom. The van der Waals surface area contributed by atoms with Crippen molar-refractivity contribution < 1.29 is 16.8 Å². The van der Waals surface area contributed by atoms with Gasteiger partial charge in [0.2, 0.25) is 10.0 Å². The molecule has 6 nitrogen and oxygen atoms in total. The second-order valence-corrected chi connectivity index (χ2v) is 9.76. The number of halogens is 1. The number of rotatable bonds is 6. The number of sulfonamides is 1. The zero-order valence-corrected chi connectivity index (χ0v) is 14.6. The highest BCUT2D eigenvalue weighted by Crippen LogP contribution is 2.19. The van der Waals surface area contributed by atoms with Crippen molar-refractivity contribution in [3.63, 3.8) is 0 Å². The summed E-state index contributed by atoms with van der Waals surface area (Å²) in [5, 5.41) is 3.42. The maximum Gasteiger partial charge on any atom is 0.240 e. The Hall–Kier alpha value is -0.670. The quantitative estimate of drug-likeness (QED) is 0.723. The Morgan fingerprint density at radius 1 is 1.32 bits per heavy atom. The van der Waals surface area contributed by atoms with Crippen LogP contribution in [-0.4, -0.2) is 47.5 Å². The van der Waals surface area contributed by atoms with E-state index in [-0.39, 0.29) is 29.0 Å². The molecule has 0 spiro atoms. The first-order valence-corrected chi connectivity index (χ1v) is 10.6. The fourth-order valence-corrected chi connectivity index (χ4v) is 5.60. The smallest absolute Gasteiger partial charge is 0.240 e. The minimum absolute atomic E-state index is 0.0950. The van der Waals surface area contributed by atoms with Crippen LogP contribution in [-0.2, 0) is 19.9 Å². The van der Waals surface area contributed by atoms with E-state index in [2.05, 4.69) is 10.0 Å². The molecule has 0 aliphatic carbocycles. The second kappa shape index (κ2) is 6.84. The molecule has 1 atom stereocenters. The summed E-state index contributed by atoms with van der Waals surface area (Å²) < 4.78 is 49.6. The Bertz CT molecular complexity index is 747. The molecule has 0 radical (unpaired) electrons. The van der Waals surface area contributed by atoms with E-state index in [1.807, 2.05) is 0 Å². The Balaban J connectivity index is 1.87. The van der Waals surface area contributed by atoms with Crippen LogP contribution in [0.5, 0.6) is 0 Å². The Morgan fingerprint density at radius 2 is 2.05 bits per heavy atom. The third-order valence-electron chi connectivity index (χ3n) is 3.52. The average Bonchev–Trinajstić information content (AvgIpc) is 2.77. The molecule has 1 aliphatic rings. The molecule has 1 heterocycles. The molecule has 0 aromatic heterocycles. The molecule has 0 bridgehead atoms. The fraction of sp³-hybridized carbons (Fsp3) is 0.538. The van der Waals surface area contributed by atoms with Gasteiger partial charge in [0.05, 0.1) is 16.4 Å². The molecule has 1 fully saturated rings. The highest BCUT2D eigenvalue weighted by Gasteiger charge is 2.27. The minimum Gasteiger partial charge on any atom is -0.312 e. The van der Waals surface area contributed by atoms with Gasteiger partial charge >= 0.3 is 0 Å². The van der Waals surface area contributed by atoms with Crippen molar-refractivity contribution in [2.24, 2.45) is 0 Å². The van der Waals surface area contributed by atoms with Crippen molar-refractivity contribution in [3.05, 3.63) is 28.8 Å². The van der Waals surface area contributed by atoms with Crippen LogP contribution in [0.1, 0.15) is 12.0 Å². The van der Waals surface area contributed by atoms with E-state index in [1.165, 1.54) is 6.07 Å². The maximum atomic E-state index is 12.2. The first-order valence-electron chi connectivity index (χ1n) is 6.89. The molecule has 2 rings (SSSR count). The Labute approximate surface area is 136 Å². The van der Waals surface area contributed by atoms with Crippen LogP contribution < -0.4 is 10.0 Å². The molecule has 1 saturated heterocycles. The highest BCUT2D eigenvalue weighted by atomic mass is 35.5. The lowest BCUT2D eigenvalue weighted by atomic mass is 10.2. The van der Waals surface area contributed by atoms with Crippen molar-refractivity contribution in [2.75, 3.05) is 24.6 Å². The highest BCUT2D eigenvalue weighted by molar-refractivity contribution is 7.91. The van der Waals surface area contributed by atoms with Crippen LogP contribution in [0.15, 0.2) is 23.1 Å². The van der Waals surface area contributed by atoms with Gasteiger partial charge in [-0.2, -0.15) is 0 Å². The predicted octanol–water partition coefficient (Wildman–Crippen LogP) is 0.703. The third kappa shape index (κ3) is 4.66. The summed E-state index contributed by atoms with van der Waals surface area (Å²) >= 11 is 5.84. The lowest BCUT2D eigenvalue weighted by Crippen LogP contribution is -2.37. The summed E-state index contributed by atoms with van der Waals surface area (Å²) in [6.07, 6.45) is 0.572. The van der Waals surface area contributed by atoms with Crippen LogP contribution >= 0.6 is 11.6 Å². The molecule has 9 heteroatoms. The van der Waals surface area contributed by atoms with Gasteiger partial charge in [-0.25, -0.2) is 21.6 Å². The average molecular weight is 367 g/mol. The monoisotopic (exact) mass is 366 g/mol. The van der Waals surface area contributed by atoms with Gasteiger partial charge in [-0.15, -0.1) is 0 Å². The predicted molar refractivity (Wildman–Crippen MR) is 86.4 cm³/mol. The summed E-state index contributed by atoms with van der Waals surface area (Å²) in [6, 6.07) is 4.61. The van der Waals surface area contributed by atoms with Crippen LogP contribution in [0.4, 0.5) is 0 Å². The first-order chi connectivity index (χ1) is 10.2. The van der Waals surface area contributed by atoms with E-state index in [0.717, 1.165) is 0 Å². The van der Waals surface area contributed by atoms with Crippen LogP contribution in [0.3, 0.4) is 0 Å². The molecule has 0 amide bonds. The zero-order valence-electron chi connectivity index (χ0n) is 12.2.